The number of likely N-dealkylation sites (N-methyl/N-ethyl adjacent to an activating group) is 1. The zero-order valence-corrected chi connectivity index (χ0v) is 16.0. The lowest BCUT2D eigenvalue weighted by Crippen LogP contribution is -2.46. The molecule has 120 valence electrons. The monoisotopic (exact) mass is 303 g/mol. The van der Waals surface area contributed by atoms with Gasteiger partial charge in [0.15, 0.2) is 8.32 Å². The molecular weight excluding hydrogens is 270 g/mol. The van der Waals surface area contributed by atoms with Crippen LogP contribution in [0.1, 0.15) is 48.5 Å². The molecule has 20 heavy (non-hydrogen) atoms. The van der Waals surface area contributed by atoms with E-state index in [9.17, 15) is 4.79 Å². The van der Waals surface area contributed by atoms with Gasteiger partial charge in [-0.15, -0.1) is 0 Å². The van der Waals surface area contributed by atoms with Crippen LogP contribution in [0.25, 0.3) is 0 Å². The van der Waals surface area contributed by atoms with Crippen LogP contribution in [-0.4, -0.2) is 44.6 Å². The molecule has 0 aromatic carbocycles. The van der Waals surface area contributed by atoms with Crippen molar-refractivity contribution >= 4 is 14.4 Å². The van der Waals surface area contributed by atoms with Gasteiger partial charge in [0.1, 0.15) is 5.60 Å². The summed E-state index contributed by atoms with van der Waals surface area (Å²) < 4.78 is 11.5. The maximum absolute atomic E-state index is 12.0. The fourth-order valence-electron chi connectivity index (χ4n) is 1.17. The Morgan fingerprint density at radius 1 is 1.15 bits per heavy atom. The Kier molecular flexibility index (Phi) is 6.30. The Hall–Kier alpha value is -0.553. The van der Waals surface area contributed by atoms with Crippen LogP contribution in [-0.2, 0) is 9.16 Å². The average molecular weight is 304 g/mol. The Bertz CT molecular complexity index is 329. The zero-order chi connectivity index (χ0) is 16.4. The van der Waals surface area contributed by atoms with E-state index in [1.54, 1.807) is 11.9 Å². The van der Waals surface area contributed by atoms with Gasteiger partial charge in [0, 0.05) is 7.05 Å². The van der Waals surface area contributed by atoms with Crippen LogP contribution >= 0.6 is 0 Å². The first kappa shape index (κ1) is 19.4. The van der Waals surface area contributed by atoms with Gasteiger partial charge in [-0.2, -0.15) is 0 Å². The molecule has 0 N–H and O–H groups in total. The molecule has 0 rings (SSSR count). The van der Waals surface area contributed by atoms with E-state index in [4.69, 9.17) is 9.16 Å². The van der Waals surface area contributed by atoms with Crippen molar-refractivity contribution in [2.45, 2.75) is 78.2 Å². The fraction of sp³-hybridized carbons (Fsp3) is 0.933. The number of carbonyl (C=O) groups excluding carboxylic acids is 1. The highest BCUT2D eigenvalue weighted by atomic mass is 28.4. The number of carbonyl (C=O) groups is 1. The molecule has 0 heterocycles. The summed E-state index contributed by atoms with van der Waals surface area (Å²) in [5, 5.41) is 0.178. The van der Waals surface area contributed by atoms with Gasteiger partial charge in [-0.1, -0.05) is 20.8 Å². The number of amides is 1. The summed E-state index contributed by atoms with van der Waals surface area (Å²) in [4.78, 5) is 13.6. The summed E-state index contributed by atoms with van der Waals surface area (Å²) in [6.45, 7) is 19.2. The van der Waals surface area contributed by atoms with E-state index in [0.29, 0.717) is 6.61 Å². The Morgan fingerprint density at radius 2 is 1.60 bits per heavy atom. The molecule has 5 heteroatoms. The summed E-state index contributed by atoms with van der Waals surface area (Å²) in [6, 6.07) is -0.000949. The Morgan fingerprint density at radius 3 is 1.95 bits per heavy atom. The van der Waals surface area contributed by atoms with Gasteiger partial charge in [0.2, 0.25) is 0 Å². The minimum absolute atomic E-state index is 0.000949. The smallest absolute Gasteiger partial charge is 0.410 e. The molecule has 4 nitrogen and oxygen atoms in total. The van der Waals surface area contributed by atoms with Crippen molar-refractivity contribution in [1.29, 1.82) is 0 Å². The van der Waals surface area contributed by atoms with Crippen molar-refractivity contribution < 1.29 is 14.0 Å². The molecule has 0 aromatic heterocycles. The first-order valence-corrected chi connectivity index (χ1v) is 10.2. The van der Waals surface area contributed by atoms with Crippen molar-refractivity contribution in [2.75, 3.05) is 13.7 Å². The van der Waals surface area contributed by atoms with Gasteiger partial charge in [0.25, 0.3) is 0 Å². The highest BCUT2D eigenvalue weighted by Crippen LogP contribution is 2.36. The van der Waals surface area contributed by atoms with Gasteiger partial charge in [0.05, 0.1) is 12.6 Å². The number of hydrogen-bond acceptors (Lipinski definition) is 3. The number of nitrogens with zero attached hydrogens (tertiary/aromatic N) is 1. The van der Waals surface area contributed by atoms with E-state index >= 15 is 0 Å². The summed E-state index contributed by atoms with van der Waals surface area (Å²) in [7, 11) is -0.0162. The van der Waals surface area contributed by atoms with E-state index in [1.807, 2.05) is 27.7 Å². The van der Waals surface area contributed by atoms with Crippen molar-refractivity contribution in [2.24, 2.45) is 0 Å². The topological polar surface area (TPSA) is 38.8 Å². The second kappa shape index (κ2) is 6.48. The van der Waals surface area contributed by atoms with Crippen molar-refractivity contribution in [1.82, 2.24) is 4.90 Å². The van der Waals surface area contributed by atoms with Crippen LogP contribution in [0, 0.1) is 0 Å². The lowest BCUT2D eigenvalue weighted by Gasteiger charge is -2.38. The van der Waals surface area contributed by atoms with Gasteiger partial charge in [-0.05, 0) is 45.8 Å². The van der Waals surface area contributed by atoms with E-state index in [1.165, 1.54) is 0 Å². The minimum atomic E-state index is -1.77. The Balaban J connectivity index is 4.49. The maximum atomic E-state index is 12.0. The predicted octanol–water partition coefficient (Wildman–Crippen LogP) is 4.26. The quantitative estimate of drug-likeness (QED) is 0.728. The molecule has 0 aliphatic heterocycles. The Labute approximate surface area is 126 Å². The van der Waals surface area contributed by atoms with Gasteiger partial charge >= 0.3 is 6.09 Å². The van der Waals surface area contributed by atoms with Crippen molar-refractivity contribution in [3.63, 3.8) is 0 Å². The first-order valence-electron chi connectivity index (χ1n) is 7.27. The predicted molar refractivity (Wildman–Crippen MR) is 86.6 cm³/mol. The molecule has 1 atom stereocenters. The van der Waals surface area contributed by atoms with Gasteiger partial charge < -0.3 is 14.1 Å². The summed E-state index contributed by atoms with van der Waals surface area (Å²) in [5.41, 5.74) is -0.467. The summed E-state index contributed by atoms with van der Waals surface area (Å²) >= 11 is 0. The average Bonchev–Trinajstić information content (AvgIpc) is 2.20. The van der Waals surface area contributed by atoms with E-state index in [2.05, 4.69) is 33.9 Å². The third-order valence-electron chi connectivity index (χ3n) is 3.83. The van der Waals surface area contributed by atoms with E-state index in [-0.39, 0.29) is 17.2 Å². The second-order valence-electron chi connectivity index (χ2n) is 8.01. The van der Waals surface area contributed by atoms with Gasteiger partial charge in [-0.25, -0.2) is 4.79 Å². The molecule has 0 spiro atoms. The van der Waals surface area contributed by atoms with Crippen LogP contribution in [0.2, 0.25) is 18.1 Å². The molecule has 1 unspecified atom stereocenters. The number of ether oxygens (including phenoxy) is 1. The largest absolute Gasteiger partial charge is 0.444 e. The molecule has 0 saturated heterocycles. The molecule has 0 radical (unpaired) electrons. The van der Waals surface area contributed by atoms with E-state index < -0.39 is 13.9 Å². The standard InChI is InChI=1S/C15H33NO3Si/c1-12(11-18-20(9,10)15(5,6)7)16(8)13(17)19-14(2,3)4/h12H,11H2,1-10H3. The van der Waals surface area contributed by atoms with E-state index in [0.717, 1.165) is 0 Å². The highest BCUT2D eigenvalue weighted by Gasteiger charge is 2.37. The van der Waals surface area contributed by atoms with Crippen LogP contribution in [0.15, 0.2) is 0 Å². The maximum Gasteiger partial charge on any atom is 0.410 e. The third kappa shape index (κ3) is 6.26. The first-order chi connectivity index (χ1) is 8.67. The molecule has 0 aliphatic carbocycles. The molecule has 0 aromatic rings. The molecule has 0 bridgehead atoms. The molecule has 0 saturated carbocycles. The zero-order valence-electron chi connectivity index (χ0n) is 15.0. The van der Waals surface area contributed by atoms with Crippen LogP contribution in [0.5, 0.6) is 0 Å². The molecule has 0 aliphatic rings. The summed E-state index contributed by atoms with van der Waals surface area (Å²) in [5.74, 6) is 0. The normalized spacial score (nSPS) is 14.9. The molecule has 1 amide bonds. The minimum Gasteiger partial charge on any atom is -0.444 e. The molecular formula is C15H33NO3Si. The summed E-state index contributed by atoms with van der Waals surface area (Å²) in [6.07, 6.45) is -0.302. The fourth-order valence-corrected chi connectivity index (χ4v) is 2.26. The van der Waals surface area contributed by atoms with Crippen molar-refractivity contribution in [3.8, 4) is 0 Å². The number of rotatable bonds is 4. The van der Waals surface area contributed by atoms with Crippen LogP contribution in [0.3, 0.4) is 0 Å². The highest BCUT2D eigenvalue weighted by molar-refractivity contribution is 6.74. The lowest BCUT2D eigenvalue weighted by atomic mass is 10.2. The van der Waals surface area contributed by atoms with Gasteiger partial charge in [-0.3, -0.25) is 0 Å². The molecule has 0 fully saturated rings. The second-order valence-corrected chi connectivity index (χ2v) is 12.8. The SMILES string of the molecule is CC(CO[Si](C)(C)C(C)(C)C)N(C)C(=O)OC(C)(C)C. The third-order valence-corrected chi connectivity index (χ3v) is 8.33. The lowest BCUT2D eigenvalue weighted by molar-refractivity contribution is 0.0189. The van der Waals surface area contributed by atoms with Crippen molar-refractivity contribution in [3.05, 3.63) is 0 Å². The van der Waals surface area contributed by atoms with Crippen LogP contribution < -0.4 is 0 Å². The van der Waals surface area contributed by atoms with Crippen LogP contribution in [0.4, 0.5) is 4.79 Å². The number of hydrogen-bond donors (Lipinski definition) is 0.